The lowest BCUT2D eigenvalue weighted by molar-refractivity contribution is -0.167. The van der Waals surface area contributed by atoms with Gasteiger partial charge in [-0.25, -0.2) is 0 Å². The molecule has 2 fully saturated rings. The number of hydrogen-bond acceptors (Lipinski definition) is 6. The summed E-state index contributed by atoms with van der Waals surface area (Å²) < 4.78 is 28.0. The number of ether oxygens (including phenoxy) is 5. The summed E-state index contributed by atoms with van der Waals surface area (Å²) in [6, 6.07) is 12.8. The summed E-state index contributed by atoms with van der Waals surface area (Å²) in [5.74, 6) is 2.76. The normalized spacial score (nSPS) is 25.1. The van der Waals surface area contributed by atoms with Crippen LogP contribution in [0.15, 0.2) is 42.5 Å². The Bertz CT molecular complexity index is 893. The summed E-state index contributed by atoms with van der Waals surface area (Å²) in [6.45, 7) is 1.54. The van der Waals surface area contributed by atoms with Gasteiger partial charge in [0.05, 0.1) is 13.2 Å². The molecule has 7 heteroatoms. The molecule has 29 heavy (non-hydrogen) atoms. The molecule has 1 amide bonds. The predicted octanol–water partition coefficient (Wildman–Crippen LogP) is 2.93. The number of nitrogens with zero attached hydrogens (tertiary/aromatic N) is 1. The van der Waals surface area contributed by atoms with Crippen LogP contribution in [0.3, 0.4) is 0 Å². The molecular weight excluding hydrogens is 374 g/mol. The van der Waals surface area contributed by atoms with Crippen molar-refractivity contribution in [1.29, 1.82) is 0 Å². The van der Waals surface area contributed by atoms with Gasteiger partial charge in [0.1, 0.15) is 17.5 Å². The molecular formula is C22H23NO6. The molecule has 0 unspecified atom stereocenters. The highest BCUT2D eigenvalue weighted by molar-refractivity contribution is 5.89. The van der Waals surface area contributed by atoms with Crippen molar-refractivity contribution in [1.82, 2.24) is 4.90 Å². The second kappa shape index (κ2) is 7.48. The number of amides is 1. The van der Waals surface area contributed by atoms with E-state index in [4.69, 9.17) is 23.7 Å². The number of β-lactam (4-membered cyclic amide) rings is 1. The summed E-state index contributed by atoms with van der Waals surface area (Å²) in [7, 11) is 1.62. The third kappa shape index (κ3) is 3.35. The minimum absolute atomic E-state index is 0.0287. The van der Waals surface area contributed by atoms with Crippen LogP contribution < -0.4 is 18.9 Å². The molecule has 152 valence electrons. The average molecular weight is 397 g/mol. The van der Waals surface area contributed by atoms with Gasteiger partial charge in [-0.05, 0) is 54.8 Å². The molecule has 0 aromatic heterocycles. The van der Waals surface area contributed by atoms with Gasteiger partial charge in [0, 0.05) is 13.2 Å². The number of likely N-dealkylation sites (tertiary alicyclic amines) is 1. The van der Waals surface area contributed by atoms with Crippen LogP contribution in [-0.4, -0.2) is 50.1 Å². The van der Waals surface area contributed by atoms with E-state index in [-0.39, 0.29) is 24.8 Å². The fourth-order valence-electron chi connectivity index (χ4n) is 4.10. The summed E-state index contributed by atoms with van der Waals surface area (Å²) in [4.78, 5) is 14.8. The van der Waals surface area contributed by atoms with Crippen molar-refractivity contribution in [2.75, 3.05) is 27.1 Å². The van der Waals surface area contributed by atoms with E-state index in [1.54, 1.807) is 7.11 Å². The number of methoxy groups -OCH3 is 1. The monoisotopic (exact) mass is 397 g/mol. The van der Waals surface area contributed by atoms with Crippen molar-refractivity contribution >= 4 is 5.91 Å². The van der Waals surface area contributed by atoms with Gasteiger partial charge in [0.25, 0.3) is 5.91 Å². The molecule has 2 aromatic carbocycles. The Balaban J connectivity index is 1.40. The second-order valence-corrected chi connectivity index (χ2v) is 7.40. The van der Waals surface area contributed by atoms with Crippen LogP contribution in [0.25, 0.3) is 0 Å². The molecule has 3 atom stereocenters. The van der Waals surface area contributed by atoms with Crippen LogP contribution in [0.4, 0.5) is 0 Å². The number of carbonyl (C=O) groups is 1. The largest absolute Gasteiger partial charge is 0.497 e. The van der Waals surface area contributed by atoms with E-state index in [1.165, 1.54) is 0 Å². The number of fused-ring (bicyclic) bond motifs is 1. The number of hydrogen-bond donors (Lipinski definition) is 0. The van der Waals surface area contributed by atoms with Crippen molar-refractivity contribution in [3.8, 4) is 23.0 Å². The van der Waals surface area contributed by atoms with Crippen LogP contribution in [0.1, 0.15) is 24.4 Å². The minimum atomic E-state index is -0.592. The molecule has 0 aliphatic carbocycles. The molecule has 3 heterocycles. The molecule has 5 rings (SSSR count). The third-order valence-corrected chi connectivity index (χ3v) is 5.63. The summed E-state index contributed by atoms with van der Waals surface area (Å²) >= 11 is 0. The van der Waals surface area contributed by atoms with Crippen molar-refractivity contribution in [2.45, 2.75) is 31.1 Å². The lowest BCUT2D eigenvalue weighted by atomic mass is 9.89. The van der Waals surface area contributed by atoms with Crippen LogP contribution in [0.2, 0.25) is 0 Å². The lowest BCUT2D eigenvalue weighted by Gasteiger charge is -2.47. The molecule has 0 spiro atoms. The lowest BCUT2D eigenvalue weighted by Crippen LogP contribution is -2.62. The SMILES string of the molecule is COc1ccc(O[C@@H]2C(=O)N(C[C@@H]3CCCO3)[C@H]2c2ccc3c(c2)OCO3)cc1. The van der Waals surface area contributed by atoms with Gasteiger partial charge in [-0.2, -0.15) is 0 Å². The van der Waals surface area contributed by atoms with E-state index in [0.717, 1.165) is 36.5 Å². The maximum absolute atomic E-state index is 13.0. The Morgan fingerprint density at radius 3 is 2.62 bits per heavy atom. The fourth-order valence-corrected chi connectivity index (χ4v) is 4.10. The van der Waals surface area contributed by atoms with Gasteiger partial charge in [-0.1, -0.05) is 6.07 Å². The van der Waals surface area contributed by atoms with E-state index in [1.807, 2.05) is 47.4 Å². The average Bonchev–Trinajstić information content (AvgIpc) is 3.44. The smallest absolute Gasteiger partial charge is 0.266 e. The van der Waals surface area contributed by atoms with E-state index in [0.29, 0.717) is 18.0 Å². The maximum atomic E-state index is 13.0. The zero-order valence-corrected chi connectivity index (χ0v) is 16.2. The number of rotatable bonds is 6. The Morgan fingerprint density at radius 1 is 1.07 bits per heavy atom. The van der Waals surface area contributed by atoms with Crippen LogP contribution in [-0.2, 0) is 9.53 Å². The van der Waals surface area contributed by atoms with Gasteiger partial charge in [-0.3, -0.25) is 4.79 Å². The van der Waals surface area contributed by atoms with E-state index in [2.05, 4.69) is 0 Å². The maximum Gasteiger partial charge on any atom is 0.266 e. The highest BCUT2D eigenvalue weighted by atomic mass is 16.7. The van der Waals surface area contributed by atoms with Crippen LogP contribution >= 0.6 is 0 Å². The molecule has 3 aliphatic rings. The van der Waals surface area contributed by atoms with Gasteiger partial charge < -0.3 is 28.6 Å². The molecule has 7 nitrogen and oxygen atoms in total. The third-order valence-electron chi connectivity index (χ3n) is 5.63. The highest BCUT2D eigenvalue weighted by Crippen LogP contribution is 2.42. The molecule has 0 radical (unpaired) electrons. The first-order chi connectivity index (χ1) is 14.2. The van der Waals surface area contributed by atoms with Crippen molar-refractivity contribution < 1.29 is 28.5 Å². The predicted molar refractivity (Wildman–Crippen MR) is 103 cm³/mol. The number of benzene rings is 2. The van der Waals surface area contributed by atoms with E-state index < -0.39 is 6.10 Å². The zero-order valence-electron chi connectivity index (χ0n) is 16.2. The van der Waals surface area contributed by atoms with Crippen molar-refractivity contribution in [3.05, 3.63) is 48.0 Å². The first kappa shape index (κ1) is 18.1. The van der Waals surface area contributed by atoms with Crippen LogP contribution in [0.5, 0.6) is 23.0 Å². The molecule has 3 aliphatic heterocycles. The molecule has 2 aromatic rings. The first-order valence-corrected chi connectivity index (χ1v) is 9.85. The zero-order chi connectivity index (χ0) is 19.8. The highest BCUT2D eigenvalue weighted by Gasteiger charge is 2.51. The fraction of sp³-hybridized carbons (Fsp3) is 0.409. The van der Waals surface area contributed by atoms with E-state index in [9.17, 15) is 4.79 Å². The summed E-state index contributed by atoms with van der Waals surface area (Å²) in [5, 5.41) is 0. The first-order valence-electron chi connectivity index (χ1n) is 9.85. The Morgan fingerprint density at radius 2 is 1.86 bits per heavy atom. The Hall–Kier alpha value is -2.93. The van der Waals surface area contributed by atoms with Gasteiger partial charge >= 0.3 is 0 Å². The van der Waals surface area contributed by atoms with Crippen molar-refractivity contribution in [3.63, 3.8) is 0 Å². The molecule has 0 bridgehead atoms. The van der Waals surface area contributed by atoms with Gasteiger partial charge in [0.2, 0.25) is 12.9 Å². The quantitative estimate of drug-likeness (QED) is 0.699. The summed E-state index contributed by atoms with van der Waals surface area (Å²) in [5.41, 5.74) is 0.963. The van der Waals surface area contributed by atoms with E-state index >= 15 is 0 Å². The Labute approximate surface area is 169 Å². The molecule has 0 saturated carbocycles. The van der Waals surface area contributed by atoms with Crippen molar-refractivity contribution in [2.24, 2.45) is 0 Å². The standard InChI is InChI=1S/C22H23NO6/c1-25-15-5-7-16(8-6-15)29-21-20(14-4-9-18-19(11-14)28-13-27-18)23(22(21)24)12-17-3-2-10-26-17/h4-9,11,17,20-21H,2-3,10,12-13H2,1H3/t17-,20-,21-/m0/s1. The van der Waals surface area contributed by atoms with Gasteiger partial charge in [0.15, 0.2) is 11.5 Å². The number of carbonyl (C=O) groups excluding carboxylic acids is 1. The molecule has 2 saturated heterocycles. The second-order valence-electron chi connectivity index (χ2n) is 7.40. The Kier molecular flexibility index (Phi) is 4.67. The van der Waals surface area contributed by atoms with Gasteiger partial charge in [-0.15, -0.1) is 0 Å². The minimum Gasteiger partial charge on any atom is -0.497 e. The van der Waals surface area contributed by atoms with Crippen LogP contribution in [0, 0.1) is 0 Å². The molecule has 0 N–H and O–H groups in total. The topological polar surface area (TPSA) is 66.5 Å². The summed E-state index contributed by atoms with van der Waals surface area (Å²) in [6.07, 6.45) is 1.50.